The minimum absolute atomic E-state index is 0.145. The summed E-state index contributed by atoms with van der Waals surface area (Å²) in [7, 11) is 0. The zero-order valence-electron chi connectivity index (χ0n) is 12.2. The summed E-state index contributed by atoms with van der Waals surface area (Å²) in [6.45, 7) is 3.84. The standard InChI is InChI=1S/C16H20N2O3/c1-3-12-10-17-7-6-13(12)16(20)18-11(2)9-14(19)15-5-4-8-21-15/h4-8,10-11,14,19H,3,9H2,1-2H3,(H,18,20). The summed E-state index contributed by atoms with van der Waals surface area (Å²) in [4.78, 5) is 16.3. The number of aliphatic hydroxyl groups is 1. The van der Waals surface area contributed by atoms with Crippen molar-refractivity contribution in [3.63, 3.8) is 0 Å². The Morgan fingerprint density at radius 3 is 2.95 bits per heavy atom. The molecule has 0 aliphatic carbocycles. The van der Waals surface area contributed by atoms with Gasteiger partial charge in [-0.25, -0.2) is 0 Å². The van der Waals surface area contributed by atoms with Gasteiger partial charge in [0.25, 0.3) is 5.91 Å². The van der Waals surface area contributed by atoms with E-state index in [2.05, 4.69) is 10.3 Å². The normalized spacial score (nSPS) is 13.7. The fourth-order valence-corrected chi connectivity index (χ4v) is 2.22. The number of aryl methyl sites for hydroxylation is 1. The number of amides is 1. The Kier molecular flexibility index (Phi) is 5.11. The van der Waals surface area contributed by atoms with Crippen LogP contribution in [-0.4, -0.2) is 22.0 Å². The minimum Gasteiger partial charge on any atom is -0.467 e. The van der Waals surface area contributed by atoms with Gasteiger partial charge in [-0.15, -0.1) is 0 Å². The maximum Gasteiger partial charge on any atom is 0.251 e. The summed E-state index contributed by atoms with van der Waals surface area (Å²) in [5.41, 5.74) is 1.54. The van der Waals surface area contributed by atoms with E-state index >= 15 is 0 Å². The summed E-state index contributed by atoms with van der Waals surface area (Å²) < 4.78 is 5.15. The van der Waals surface area contributed by atoms with Crippen molar-refractivity contribution in [2.24, 2.45) is 0 Å². The van der Waals surface area contributed by atoms with Gasteiger partial charge in [0.1, 0.15) is 11.9 Å². The summed E-state index contributed by atoms with van der Waals surface area (Å²) in [5, 5.41) is 12.9. The number of aromatic nitrogens is 1. The topological polar surface area (TPSA) is 75.4 Å². The molecule has 0 aliphatic heterocycles. The second kappa shape index (κ2) is 7.04. The number of aliphatic hydroxyl groups excluding tert-OH is 1. The first-order valence-corrected chi connectivity index (χ1v) is 7.07. The largest absolute Gasteiger partial charge is 0.467 e. The third kappa shape index (κ3) is 3.92. The van der Waals surface area contributed by atoms with Crippen molar-refractivity contribution in [3.8, 4) is 0 Å². The van der Waals surface area contributed by atoms with Gasteiger partial charge in [0.15, 0.2) is 0 Å². The van der Waals surface area contributed by atoms with E-state index in [1.165, 1.54) is 6.26 Å². The van der Waals surface area contributed by atoms with Crippen molar-refractivity contribution < 1.29 is 14.3 Å². The Hall–Kier alpha value is -2.14. The lowest BCUT2D eigenvalue weighted by molar-refractivity contribution is 0.0902. The van der Waals surface area contributed by atoms with E-state index in [0.29, 0.717) is 17.7 Å². The maximum atomic E-state index is 12.3. The van der Waals surface area contributed by atoms with Crippen LogP contribution in [0.1, 0.15) is 48.1 Å². The van der Waals surface area contributed by atoms with Gasteiger partial charge in [0.05, 0.1) is 6.26 Å². The molecule has 5 heteroatoms. The lowest BCUT2D eigenvalue weighted by atomic mass is 10.1. The molecule has 2 heterocycles. The molecule has 0 aromatic carbocycles. The third-order valence-corrected chi connectivity index (χ3v) is 3.36. The average molecular weight is 288 g/mol. The monoisotopic (exact) mass is 288 g/mol. The Morgan fingerprint density at radius 2 is 2.29 bits per heavy atom. The maximum absolute atomic E-state index is 12.3. The molecule has 112 valence electrons. The van der Waals surface area contributed by atoms with Gasteiger partial charge in [-0.2, -0.15) is 0 Å². The van der Waals surface area contributed by atoms with E-state index in [0.717, 1.165) is 12.0 Å². The Morgan fingerprint density at radius 1 is 1.48 bits per heavy atom. The van der Waals surface area contributed by atoms with Crippen LogP contribution in [0.15, 0.2) is 41.3 Å². The molecule has 2 aromatic rings. The zero-order valence-corrected chi connectivity index (χ0v) is 12.2. The van der Waals surface area contributed by atoms with Crippen molar-refractivity contribution in [2.45, 2.75) is 38.8 Å². The Bertz CT molecular complexity index is 581. The van der Waals surface area contributed by atoms with E-state index in [4.69, 9.17) is 4.42 Å². The number of pyridine rings is 1. The molecule has 2 unspecified atom stereocenters. The molecule has 0 spiro atoms. The second-order valence-electron chi connectivity index (χ2n) is 5.03. The molecule has 0 saturated carbocycles. The van der Waals surface area contributed by atoms with Crippen LogP contribution < -0.4 is 5.32 Å². The van der Waals surface area contributed by atoms with E-state index in [-0.39, 0.29) is 11.9 Å². The van der Waals surface area contributed by atoms with Gasteiger partial charge >= 0.3 is 0 Å². The van der Waals surface area contributed by atoms with E-state index < -0.39 is 6.10 Å². The van der Waals surface area contributed by atoms with E-state index in [1.807, 2.05) is 13.8 Å². The highest BCUT2D eigenvalue weighted by molar-refractivity contribution is 5.95. The van der Waals surface area contributed by atoms with E-state index in [9.17, 15) is 9.90 Å². The van der Waals surface area contributed by atoms with Crippen molar-refractivity contribution in [3.05, 3.63) is 53.7 Å². The highest BCUT2D eigenvalue weighted by Gasteiger charge is 2.18. The molecule has 0 saturated heterocycles. The lowest BCUT2D eigenvalue weighted by Gasteiger charge is -2.17. The number of carbonyl (C=O) groups excluding carboxylic acids is 1. The zero-order chi connectivity index (χ0) is 15.2. The highest BCUT2D eigenvalue weighted by atomic mass is 16.4. The molecule has 21 heavy (non-hydrogen) atoms. The summed E-state index contributed by atoms with van der Waals surface area (Å²) >= 11 is 0. The summed E-state index contributed by atoms with van der Waals surface area (Å²) in [5.74, 6) is 0.364. The molecule has 0 bridgehead atoms. The van der Waals surface area contributed by atoms with Crippen molar-refractivity contribution in [1.82, 2.24) is 10.3 Å². The molecule has 0 fully saturated rings. The van der Waals surface area contributed by atoms with Gasteiger partial charge in [-0.3, -0.25) is 9.78 Å². The number of hydrogen-bond donors (Lipinski definition) is 2. The molecular formula is C16H20N2O3. The first-order valence-electron chi connectivity index (χ1n) is 7.07. The Labute approximate surface area is 124 Å². The second-order valence-corrected chi connectivity index (χ2v) is 5.03. The highest BCUT2D eigenvalue weighted by Crippen LogP contribution is 2.18. The van der Waals surface area contributed by atoms with Crippen molar-refractivity contribution in [2.75, 3.05) is 0 Å². The van der Waals surface area contributed by atoms with Gasteiger partial charge in [0.2, 0.25) is 0 Å². The van der Waals surface area contributed by atoms with Gasteiger partial charge in [-0.1, -0.05) is 6.92 Å². The predicted octanol–water partition coefficient (Wildman–Crippen LogP) is 2.48. The smallest absolute Gasteiger partial charge is 0.251 e. The molecule has 2 rings (SSSR count). The summed E-state index contributed by atoms with van der Waals surface area (Å²) in [6, 6.07) is 4.99. The first-order chi connectivity index (χ1) is 10.1. The molecular weight excluding hydrogens is 268 g/mol. The average Bonchev–Trinajstić information content (AvgIpc) is 3.01. The fourth-order valence-electron chi connectivity index (χ4n) is 2.22. The number of furan rings is 1. The first kappa shape index (κ1) is 15.3. The van der Waals surface area contributed by atoms with Crippen LogP contribution >= 0.6 is 0 Å². The lowest BCUT2D eigenvalue weighted by Crippen LogP contribution is -2.34. The third-order valence-electron chi connectivity index (χ3n) is 3.36. The molecule has 2 aromatic heterocycles. The molecule has 0 aliphatic rings. The molecule has 1 amide bonds. The molecule has 2 atom stereocenters. The fraction of sp³-hybridized carbons (Fsp3) is 0.375. The number of hydrogen-bond acceptors (Lipinski definition) is 4. The van der Waals surface area contributed by atoms with Crippen LogP contribution in [0.2, 0.25) is 0 Å². The predicted molar refractivity (Wildman–Crippen MR) is 78.8 cm³/mol. The number of nitrogens with zero attached hydrogens (tertiary/aromatic N) is 1. The number of rotatable bonds is 6. The van der Waals surface area contributed by atoms with Gasteiger partial charge in [-0.05, 0) is 37.1 Å². The van der Waals surface area contributed by atoms with Crippen LogP contribution in [0.5, 0.6) is 0 Å². The van der Waals surface area contributed by atoms with Gasteiger partial charge < -0.3 is 14.8 Å². The van der Waals surface area contributed by atoms with Crippen LogP contribution in [0.3, 0.4) is 0 Å². The SMILES string of the molecule is CCc1cnccc1C(=O)NC(C)CC(O)c1ccco1. The summed E-state index contributed by atoms with van der Waals surface area (Å²) in [6.07, 6.45) is 5.25. The van der Waals surface area contributed by atoms with Crippen LogP contribution in [0.4, 0.5) is 0 Å². The van der Waals surface area contributed by atoms with Crippen LogP contribution in [0.25, 0.3) is 0 Å². The quantitative estimate of drug-likeness (QED) is 0.856. The molecule has 2 N–H and O–H groups in total. The Balaban J connectivity index is 1.96. The molecule has 0 radical (unpaired) electrons. The number of nitrogens with one attached hydrogen (secondary N) is 1. The van der Waals surface area contributed by atoms with Crippen molar-refractivity contribution in [1.29, 1.82) is 0 Å². The minimum atomic E-state index is -0.724. The molecule has 5 nitrogen and oxygen atoms in total. The van der Waals surface area contributed by atoms with Crippen LogP contribution in [-0.2, 0) is 6.42 Å². The van der Waals surface area contributed by atoms with Crippen molar-refractivity contribution >= 4 is 5.91 Å². The van der Waals surface area contributed by atoms with Crippen LogP contribution in [0, 0.1) is 0 Å². The van der Waals surface area contributed by atoms with Gasteiger partial charge in [0, 0.05) is 30.4 Å². The van der Waals surface area contributed by atoms with E-state index in [1.54, 1.807) is 30.6 Å². The number of carbonyl (C=O) groups is 1.